The van der Waals surface area contributed by atoms with E-state index in [1.54, 1.807) is 6.26 Å². The second-order valence-corrected chi connectivity index (χ2v) is 4.24. The first-order chi connectivity index (χ1) is 8.74. The lowest BCUT2D eigenvalue weighted by Gasteiger charge is -2.12. The lowest BCUT2D eigenvalue weighted by Crippen LogP contribution is -2.11. The van der Waals surface area contributed by atoms with Crippen molar-refractivity contribution in [3.05, 3.63) is 60.1 Å². The molecule has 1 aromatic heterocycles. The van der Waals surface area contributed by atoms with E-state index in [0.717, 1.165) is 22.5 Å². The van der Waals surface area contributed by atoms with Crippen molar-refractivity contribution >= 4 is 5.97 Å². The molecular weight excluding hydrogens is 228 g/mol. The zero-order valence-electron chi connectivity index (χ0n) is 9.97. The van der Waals surface area contributed by atoms with Crippen molar-refractivity contribution in [3.8, 4) is 11.1 Å². The molecule has 0 bridgehead atoms. The van der Waals surface area contributed by atoms with Crippen LogP contribution in [-0.4, -0.2) is 13.1 Å². The van der Waals surface area contributed by atoms with E-state index in [9.17, 15) is 4.79 Å². The second-order valence-electron chi connectivity index (χ2n) is 4.24. The summed E-state index contributed by atoms with van der Waals surface area (Å²) in [4.78, 5) is 11.7. The van der Waals surface area contributed by atoms with Crippen molar-refractivity contribution in [1.29, 1.82) is 0 Å². The maximum absolute atomic E-state index is 11.7. The largest absolute Gasteiger partial charge is 0.468 e. The first-order valence-electron chi connectivity index (χ1n) is 5.68. The molecule has 3 nitrogen and oxygen atoms in total. The summed E-state index contributed by atoms with van der Waals surface area (Å²) in [5.74, 6) is 0.129. The van der Waals surface area contributed by atoms with Crippen LogP contribution in [0.5, 0.6) is 0 Å². The molecule has 0 aliphatic heterocycles. The Balaban J connectivity index is 2.17. The highest BCUT2D eigenvalue weighted by Gasteiger charge is 2.35. The number of benzene rings is 1. The van der Waals surface area contributed by atoms with Gasteiger partial charge in [-0.3, -0.25) is 0 Å². The van der Waals surface area contributed by atoms with Crippen LogP contribution in [0.15, 0.2) is 53.2 Å². The first kappa shape index (κ1) is 10.8. The Bertz CT molecular complexity index is 637. The lowest BCUT2D eigenvalue weighted by molar-refractivity contribution is -0.136. The fraction of sp³-hybridized carbons (Fsp3) is 0.133. The minimum Gasteiger partial charge on any atom is -0.468 e. The molecule has 2 aromatic rings. The smallest absolute Gasteiger partial charge is 0.334 e. The molecule has 1 aliphatic rings. The molecule has 0 saturated carbocycles. The maximum Gasteiger partial charge on any atom is 0.334 e. The van der Waals surface area contributed by atoms with E-state index in [2.05, 4.69) is 6.58 Å². The number of rotatable bonds is 2. The van der Waals surface area contributed by atoms with Crippen molar-refractivity contribution in [1.82, 2.24) is 0 Å². The number of hydrogen-bond acceptors (Lipinski definition) is 3. The van der Waals surface area contributed by atoms with Gasteiger partial charge in [0.2, 0.25) is 0 Å². The highest BCUT2D eigenvalue weighted by molar-refractivity contribution is 5.93. The van der Waals surface area contributed by atoms with Crippen LogP contribution >= 0.6 is 0 Å². The fourth-order valence-electron chi connectivity index (χ4n) is 2.50. The summed E-state index contributed by atoms with van der Waals surface area (Å²) in [6.45, 7) is 3.85. The Labute approximate surface area is 105 Å². The minimum absolute atomic E-state index is 0.237. The molecule has 18 heavy (non-hydrogen) atoms. The lowest BCUT2D eigenvalue weighted by atomic mass is 9.93. The molecule has 3 heteroatoms. The molecule has 0 spiro atoms. The van der Waals surface area contributed by atoms with Crippen LogP contribution in [0.2, 0.25) is 0 Å². The maximum atomic E-state index is 11.7. The number of esters is 1. The van der Waals surface area contributed by atoms with Gasteiger partial charge in [0.1, 0.15) is 5.76 Å². The van der Waals surface area contributed by atoms with Crippen LogP contribution in [0.25, 0.3) is 11.1 Å². The monoisotopic (exact) mass is 240 g/mol. The Morgan fingerprint density at radius 2 is 2.06 bits per heavy atom. The molecule has 0 radical (unpaired) electrons. The predicted octanol–water partition coefficient (Wildman–Crippen LogP) is 3.12. The van der Waals surface area contributed by atoms with Gasteiger partial charge in [-0.2, -0.15) is 0 Å². The molecule has 1 aromatic carbocycles. The zero-order valence-corrected chi connectivity index (χ0v) is 9.97. The van der Waals surface area contributed by atoms with Crippen molar-refractivity contribution in [2.24, 2.45) is 0 Å². The number of carbonyl (C=O) groups excluding carboxylic acids is 1. The van der Waals surface area contributed by atoms with Crippen molar-refractivity contribution in [3.63, 3.8) is 0 Å². The molecule has 0 amide bonds. The van der Waals surface area contributed by atoms with Gasteiger partial charge in [-0.1, -0.05) is 30.8 Å². The molecule has 1 heterocycles. The summed E-state index contributed by atoms with van der Waals surface area (Å²) < 4.78 is 10.3. The molecule has 1 atom stereocenters. The van der Waals surface area contributed by atoms with Crippen molar-refractivity contribution in [2.75, 3.05) is 7.11 Å². The second kappa shape index (κ2) is 3.88. The molecule has 3 rings (SSSR count). The fourth-order valence-corrected chi connectivity index (χ4v) is 2.50. The quantitative estimate of drug-likeness (QED) is 0.598. The molecule has 1 unspecified atom stereocenters. The van der Waals surface area contributed by atoms with Crippen LogP contribution in [-0.2, 0) is 9.53 Å². The number of methoxy groups -OCH3 is 1. The summed E-state index contributed by atoms with van der Waals surface area (Å²) in [6, 6.07) is 9.85. The number of furan rings is 1. The Morgan fingerprint density at radius 3 is 2.83 bits per heavy atom. The molecule has 0 N–H and O–H groups in total. The third kappa shape index (κ3) is 1.34. The van der Waals surface area contributed by atoms with Crippen LogP contribution in [0.3, 0.4) is 0 Å². The minimum atomic E-state index is -0.404. The van der Waals surface area contributed by atoms with Gasteiger partial charge < -0.3 is 9.15 Å². The van der Waals surface area contributed by atoms with E-state index < -0.39 is 5.97 Å². The van der Waals surface area contributed by atoms with E-state index in [1.165, 1.54) is 7.11 Å². The number of ether oxygens (including phenoxy) is 1. The van der Waals surface area contributed by atoms with Crippen LogP contribution < -0.4 is 0 Å². The summed E-state index contributed by atoms with van der Waals surface area (Å²) in [7, 11) is 1.36. The van der Waals surface area contributed by atoms with Gasteiger partial charge in [-0.15, -0.1) is 0 Å². The zero-order chi connectivity index (χ0) is 12.7. The van der Waals surface area contributed by atoms with Gasteiger partial charge in [0.25, 0.3) is 0 Å². The van der Waals surface area contributed by atoms with Crippen LogP contribution in [0, 0.1) is 0 Å². The van der Waals surface area contributed by atoms with Gasteiger partial charge in [0.15, 0.2) is 0 Å². The molecule has 0 saturated heterocycles. The standard InChI is InChI=1S/C15H12O3/c1-9(15(16)17-2)13-11-6-4-3-5-10(11)12-7-8-18-14(12)13/h3-8,13H,1H2,2H3. The topological polar surface area (TPSA) is 39.4 Å². The van der Waals surface area contributed by atoms with Gasteiger partial charge in [-0.05, 0) is 17.2 Å². The Kier molecular flexibility index (Phi) is 2.33. The number of carbonyl (C=O) groups is 1. The Morgan fingerprint density at radius 1 is 1.28 bits per heavy atom. The van der Waals surface area contributed by atoms with Gasteiger partial charge in [-0.25, -0.2) is 4.79 Å². The van der Waals surface area contributed by atoms with E-state index >= 15 is 0 Å². The number of fused-ring (bicyclic) bond motifs is 3. The molecular formula is C15H12O3. The first-order valence-corrected chi connectivity index (χ1v) is 5.68. The van der Waals surface area contributed by atoms with Crippen molar-refractivity contribution < 1.29 is 13.9 Å². The summed E-state index contributed by atoms with van der Waals surface area (Å²) in [5, 5.41) is 0. The molecule has 90 valence electrons. The highest BCUT2D eigenvalue weighted by Crippen LogP contribution is 2.48. The van der Waals surface area contributed by atoms with E-state index in [0.29, 0.717) is 5.57 Å². The molecule has 0 fully saturated rings. The van der Waals surface area contributed by atoms with Crippen LogP contribution in [0.1, 0.15) is 17.2 Å². The van der Waals surface area contributed by atoms with Gasteiger partial charge >= 0.3 is 5.97 Å². The summed E-state index contributed by atoms with van der Waals surface area (Å²) >= 11 is 0. The SMILES string of the molecule is C=C(C(=O)OC)C1c2ccccc2-c2ccoc21. The summed E-state index contributed by atoms with van der Waals surface area (Å²) in [5.41, 5.74) is 3.57. The third-order valence-electron chi connectivity index (χ3n) is 3.32. The summed E-state index contributed by atoms with van der Waals surface area (Å²) in [6.07, 6.45) is 1.64. The van der Waals surface area contributed by atoms with Gasteiger partial charge in [0, 0.05) is 11.1 Å². The predicted molar refractivity (Wildman–Crippen MR) is 67.1 cm³/mol. The van der Waals surface area contributed by atoms with Gasteiger partial charge in [0.05, 0.1) is 19.3 Å². The average Bonchev–Trinajstić information content (AvgIpc) is 2.97. The van der Waals surface area contributed by atoms with Crippen LogP contribution in [0.4, 0.5) is 0 Å². The average molecular weight is 240 g/mol. The third-order valence-corrected chi connectivity index (χ3v) is 3.32. The molecule has 1 aliphatic carbocycles. The van der Waals surface area contributed by atoms with E-state index in [1.807, 2.05) is 30.3 Å². The Hall–Kier alpha value is -2.29. The van der Waals surface area contributed by atoms with E-state index in [4.69, 9.17) is 9.15 Å². The van der Waals surface area contributed by atoms with Crippen molar-refractivity contribution in [2.45, 2.75) is 5.92 Å². The number of hydrogen-bond donors (Lipinski definition) is 0. The van der Waals surface area contributed by atoms with E-state index in [-0.39, 0.29) is 5.92 Å². The normalized spacial score (nSPS) is 15.9. The highest BCUT2D eigenvalue weighted by atomic mass is 16.5.